The van der Waals surface area contributed by atoms with Crippen molar-refractivity contribution >= 4 is 71.1 Å². The molecular weight excluding hydrogens is 525 g/mol. The first kappa shape index (κ1) is 19.7. The molecule has 1 amide bonds. The summed E-state index contributed by atoms with van der Waals surface area (Å²) in [4.78, 5) is 21.9. The molecule has 0 radical (unpaired) electrons. The van der Waals surface area contributed by atoms with Crippen LogP contribution in [-0.2, 0) is 0 Å². The third kappa shape index (κ3) is 4.62. The highest BCUT2D eigenvalue weighted by molar-refractivity contribution is 14.1. The van der Waals surface area contributed by atoms with Gasteiger partial charge in [0.15, 0.2) is 5.13 Å². The Hall–Kier alpha value is -1.03. The summed E-state index contributed by atoms with van der Waals surface area (Å²) < 4.78 is 3.04. The van der Waals surface area contributed by atoms with Crippen LogP contribution in [0.3, 0.4) is 0 Å². The van der Waals surface area contributed by atoms with E-state index in [0.29, 0.717) is 6.54 Å². The molecule has 0 N–H and O–H groups in total. The van der Waals surface area contributed by atoms with Crippen molar-refractivity contribution in [3.05, 3.63) is 56.1 Å². The van der Waals surface area contributed by atoms with E-state index < -0.39 is 0 Å². The van der Waals surface area contributed by atoms with Crippen LogP contribution in [-0.4, -0.2) is 43.0 Å². The highest BCUT2D eigenvalue weighted by atomic mass is 127. The molecule has 0 unspecified atom stereocenters. The molecule has 3 rings (SSSR count). The smallest absolute Gasteiger partial charge is 0.261 e. The average molecular weight is 544 g/mol. The molecule has 3 aromatic rings. The van der Waals surface area contributed by atoms with Crippen LogP contribution in [0.5, 0.6) is 0 Å². The van der Waals surface area contributed by atoms with Gasteiger partial charge in [0, 0.05) is 14.6 Å². The Kier molecular flexibility index (Phi) is 6.65. The maximum Gasteiger partial charge on any atom is 0.261 e. The first-order valence-corrected chi connectivity index (χ1v) is 10.9. The fourth-order valence-electron chi connectivity index (χ4n) is 2.61. The summed E-state index contributed by atoms with van der Waals surface area (Å²) in [6.07, 6.45) is 0.891. The molecule has 26 heavy (non-hydrogen) atoms. The molecule has 0 saturated heterocycles. The van der Waals surface area contributed by atoms with Gasteiger partial charge < -0.3 is 4.90 Å². The van der Waals surface area contributed by atoms with Crippen molar-refractivity contribution < 1.29 is 4.79 Å². The number of carbonyl (C=O) groups is 1. The van der Waals surface area contributed by atoms with Gasteiger partial charge in [-0.3, -0.25) is 9.69 Å². The summed E-state index contributed by atoms with van der Waals surface area (Å²) >= 11 is 7.28. The highest BCUT2D eigenvalue weighted by Gasteiger charge is 2.22. The standard InChI is InChI=1S/C19H19BrIN3OS/c1-23(2)10-5-11-24(18(25)14-6-3-4-7-15(14)21)19-22-16-9-8-13(20)12-17(16)26-19/h3-4,6-9,12H,5,10-11H2,1-2H3. The lowest BCUT2D eigenvalue weighted by molar-refractivity contribution is 0.0985. The van der Waals surface area contributed by atoms with Gasteiger partial charge in [0.05, 0.1) is 15.8 Å². The van der Waals surface area contributed by atoms with E-state index in [4.69, 9.17) is 4.98 Å². The van der Waals surface area contributed by atoms with Gasteiger partial charge in [-0.15, -0.1) is 0 Å². The first-order valence-electron chi connectivity index (χ1n) is 8.23. The zero-order valence-electron chi connectivity index (χ0n) is 14.6. The lowest BCUT2D eigenvalue weighted by Gasteiger charge is -2.21. The second-order valence-corrected chi connectivity index (χ2v) is 9.29. The van der Waals surface area contributed by atoms with Gasteiger partial charge in [-0.2, -0.15) is 0 Å². The lowest BCUT2D eigenvalue weighted by atomic mass is 10.2. The lowest BCUT2D eigenvalue weighted by Crippen LogP contribution is -2.33. The van der Waals surface area contributed by atoms with Crippen LogP contribution in [0, 0.1) is 3.57 Å². The van der Waals surface area contributed by atoms with Crippen LogP contribution < -0.4 is 4.90 Å². The number of halogens is 2. The number of aromatic nitrogens is 1. The monoisotopic (exact) mass is 543 g/mol. The van der Waals surface area contributed by atoms with E-state index >= 15 is 0 Å². The van der Waals surface area contributed by atoms with E-state index in [1.807, 2.05) is 61.5 Å². The third-order valence-electron chi connectivity index (χ3n) is 3.91. The number of benzene rings is 2. The van der Waals surface area contributed by atoms with Gasteiger partial charge in [-0.05, 0) is 80.0 Å². The summed E-state index contributed by atoms with van der Waals surface area (Å²) in [6, 6.07) is 13.7. The molecule has 0 aliphatic rings. The van der Waals surface area contributed by atoms with Crippen molar-refractivity contribution in [2.75, 3.05) is 32.1 Å². The molecule has 7 heteroatoms. The Labute approximate surface area is 179 Å². The Morgan fingerprint density at radius 1 is 1.19 bits per heavy atom. The number of carbonyl (C=O) groups excluding carboxylic acids is 1. The van der Waals surface area contributed by atoms with Crippen molar-refractivity contribution in [2.24, 2.45) is 0 Å². The quantitative estimate of drug-likeness (QED) is 0.398. The van der Waals surface area contributed by atoms with E-state index in [0.717, 1.165) is 41.9 Å². The van der Waals surface area contributed by atoms with E-state index in [1.165, 1.54) is 0 Å². The average Bonchev–Trinajstić information content (AvgIpc) is 3.01. The molecule has 0 aliphatic carbocycles. The van der Waals surface area contributed by atoms with Crippen LogP contribution in [0.4, 0.5) is 5.13 Å². The van der Waals surface area contributed by atoms with Gasteiger partial charge in [0.2, 0.25) is 0 Å². The first-order chi connectivity index (χ1) is 12.5. The number of hydrogen-bond acceptors (Lipinski definition) is 4. The molecule has 4 nitrogen and oxygen atoms in total. The van der Waals surface area contributed by atoms with Gasteiger partial charge >= 0.3 is 0 Å². The number of thiazole rings is 1. The zero-order chi connectivity index (χ0) is 18.7. The number of hydrogen-bond donors (Lipinski definition) is 0. The number of nitrogens with zero attached hydrogens (tertiary/aromatic N) is 3. The number of amides is 1. The van der Waals surface area contributed by atoms with Crippen LogP contribution in [0.2, 0.25) is 0 Å². The maximum atomic E-state index is 13.3. The van der Waals surface area contributed by atoms with Crippen LogP contribution in [0.25, 0.3) is 10.2 Å². The van der Waals surface area contributed by atoms with Gasteiger partial charge in [-0.25, -0.2) is 4.98 Å². The van der Waals surface area contributed by atoms with E-state index in [9.17, 15) is 4.79 Å². The Balaban J connectivity index is 1.96. The molecule has 0 aliphatic heterocycles. The molecule has 1 aromatic heterocycles. The Morgan fingerprint density at radius 3 is 2.69 bits per heavy atom. The highest BCUT2D eigenvalue weighted by Crippen LogP contribution is 2.32. The molecule has 0 spiro atoms. The molecule has 0 atom stereocenters. The molecule has 0 fully saturated rings. The summed E-state index contributed by atoms with van der Waals surface area (Å²) in [5.41, 5.74) is 1.64. The third-order valence-corrected chi connectivity index (χ3v) is 6.38. The summed E-state index contributed by atoms with van der Waals surface area (Å²) in [5.74, 6) is 0.00637. The van der Waals surface area contributed by atoms with Crippen LogP contribution in [0.1, 0.15) is 16.8 Å². The molecule has 2 aromatic carbocycles. The molecule has 0 saturated carbocycles. The maximum absolute atomic E-state index is 13.3. The summed E-state index contributed by atoms with van der Waals surface area (Å²) in [6.45, 7) is 1.56. The van der Waals surface area contributed by atoms with Crippen molar-refractivity contribution in [1.29, 1.82) is 0 Å². The van der Waals surface area contributed by atoms with E-state index in [-0.39, 0.29) is 5.91 Å². The molecule has 136 valence electrons. The SMILES string of the molecule is CN(C)CCCN(C(=O)c1ccccc1I)c1nc2ccc(Br)cc2s1. The van der Waals surface area contributed by atoms with Crippen molar-refractivity contribution in [3.8, 4) is 0 Å². The van der Waals surface area contributed by atoms with Gasteiger partial charge in [0.1, 0.15) is 0 Å². The van der Waals surface area contributed by atoms with Crippen molar-refractivity contribution in [2.45, 2.75) is 6.42 Å². The second kappa shape index (κ2) is 8.77. The fraction of sp³-hybridized carbons (Fsp3) is 0.263. The molecule has 1 heterocycles. The van der Waals surface area contributed by atoms with Crippen LogP contribution in [0.15, 0.2) is 46.9 Å². The van der Waals surface area contributed by atoms with E-state index in [1.54, 1.807) is 11.3 Å². The van der Waals surface area contributed by atoms with Crippen molar-refractivity contribution in [3.63, 3.8) is 0 Å². The van der Waals surface area contributed by atoms with Crippen LogP contribution >= 0.6 is 49.9 Å². The largest absolute Gasteiger partial charge is 0.309 e. The second-order valence-electron chi connectivity index (χ2n) is 6.20. The zero-order valence-corrected chi connectivity index (χ0v) is 19.1. The van der Waals surface area contributed by atoms with Crippen molar-refractivity contribution in [1.82, 2.24) is 9.88 Å². The minimum Gasteiger partial charge on any atom is -0.309 e. The predicted molar refractivity (Wildman–Crippen MR) is 121 cm³/mol. The minimum atomic E-state index is 0.00637. The van der Waals surface area contributed by atoms with Gasteiger partial charge in [0.25, 0.3) is 5.91 Å². The number of fused-ring (bicyclic) bond motifs is 1. The fourth-order valence-corrected chi connectivity index (χ4v) is 4.77. The summed E-state index contributed by atoms with van der Waals surface area (Å²) in [5, 5.41) is 0.751. The topological polar surface area (TPSA) is 36.4 Å². The Bertz CT molecular complexity index is 928. The number of rotatable bonds is 6. The summed E-state index contributed by atoms with van der Waals surface area (Å²) in [7, 11) is 4.09. The van der Waals surface area contributed by atoms with E-state index in [2.05, 4.69) is 43.4 Å². The molecular formula is C19H19BrIN3OS. The minimum absolute atomic E-state index is 0.00637. The predicted octanol–water partition coefficient (Wildman–Crippen LogP) is 5.26. The number of anilines is 1. The normalized spacial score (nSPS) is 11.3. The van der Waals surface area contributed by atoms with Gasteiger partial charge in [-0.1, -0.05) is 39.4 Å². The Morgan fingerprint density at radius 2 is 1.96 bits per heavy atom. The molecule has 0 bridgehead atoms.